The van der Waals surface area contributed by atoms with Gasteiger partial charge in [-0.05, 0) is 43.5 Å². The van der Waals surface area contributed by atoms with Crippen LogP contribution in [0.2, 0.25) is 0 Å². The molecule has 2 N–H and O–H groups in total. The summed E-state index contributed by atoms with van der Waals surface area (Å²) in [4.78, 5) is 3.00. The van der Waals surface area contributed by atoms with Crippen LogP contribution in [0.5, 0.6) is 5.75 Å². The Kier molecular flexibility index (Phi) is 6.00. The highest BCUT2D eigenvalue weighted by Crippen LogP contribution is 2.25. The Balaban J connectivity index is 2.12. The zero-order valence-corrected chi connectivity index (χ0v) is 13.9. The third-order valence-corrected chi connectivity index (χ3v) is 4.51. The van der Waals surface area contributed by atoms with Gasteiger partial charge < -0.3 is 10.5 Å². The minimum atomic E-state index is 0.389. The van der Waals surface area contributed by atoms with Gasteiger partial charge in [-0.15, -0.1) is 0 Å². The van der Waals surface area contributed by atoms with Crippen molar-refractivity contribution in [3.63, 3.8) is 0 Å². The van der Waals surface area contributed by atoms with E-state index in [-0.39, 0.29) is 0 Å². The molecule has 116 valence electrons. The van der Waals surface area contributed by atoms with E-state index >= 15 is 0 Å². The van der Waals surface area contributed by atoms with Gasteiger partial charge in [-0.1, -0.05) is 38.0 Å². The van der Waals surface area contributed by atoms with Gasteiger partial charge in [0.05, 0.1) is 12.7 Å². The third-order valence-electron chi connectivity index (χ3n) is 4.29. The lowest BCUT2D eigenvalue weighted by atomic mass is 9.97. The summed E-state index contributed by atoms with van der Waals surface area (Å²) in [6, 6.07) is 6.90. The summed E-state index contributed by atoms with van der Waals surface area (Å²) in [5, 5.41) is 0. The molecule has 1 atom stereocenters. The molecule has 21 heavy (non-hydrogen) atoms. The molecule has 3 nitrogen and oxygen atoms in total. The number of methoxy groups -OCH3 is 1. The van der Waals surface area contributed by atoms with Crippen molar-refractivity contribution in [2.75, 3.05) is 13.7 Å². The Morgan fingerprint density at radius 2 is 2.24 bits per heavy atom. The van der Waals surface area contributed by atoms with Crippen LogP contribution in [-0.4, -0.2) is 29.6 Å². The molecule has 0 spiro atoms. The second-order valence-corrected chi connectivity index (χ2v) is 6.25. The van der Waals surface area contributed by atoms with E-state index in [4.69, 9.17) is 22.7 Å². The Morgan fingerprint density at radius 1 is 1.43 bits per heavy atom. The van der Waals surface area contributed by atoms with Gasteiger partial charge in [0.2, 0.25) is 0 Å². The number of hydrogen-bond acceptors (Lipinski definition) is 3. The molecule has 1 fully saturated rings. The second-order valence-electron chi connectivity index (χ2n) is 5.81. The van der Waals surface area contributed by atoms with Crippen LogP contribution < -0.4 is 10.5 Å². The number of hydrogen-bond donors (Lipinski definition) is 1. The van der Waals surface area contributed by atoms with Crippen molar-refractivity contribution >= 4 is 17.2 Å². The van der Waals surface area contributed by atoms with E-state index < -0.39 is 0 Å². The maximum atomic E-state index is 5.73. The van der Waals surface area contributed by atoms with Crippen molar-refractivity contribution in [1.29, 1.82) is 0 Å². The number of thiocarbonyl (C=S) groups is 1. The predicted molar refractivity (Wildman–Crippen MR) is 91.8 cm³/mol. The van der Waals surface area contributed by atoms with Crippen molar-refractivity contribution < 1.29 is 4.74 Å². The van der Waals surface area contributed by atoms with E-state index in [1.165, 1.54) is 44.2 Å². The van der Waals surface area contributed by atoms with Crippen molar-refractivity contribution in [1.82, 2.24) is 4.90 Å². The normalized spacial score (nSPS) is 19.4. The van der Waals surface area contributed by atoms with Crippen molar-refractivity contribution in [2.45, 2.75) is 51.6 Å². The predicted octanol–water partition coefficient (Wildman–Crippen LogP) is 3.48. The fourth-order valence-electron chi connectivity index (χ4n) is 3.20. The van der Waals surface area contributed by atoms with Crippen LogP contribution in [0, 0.1) is 0 Å². The highest BCUT2D eigenvalue weighted by molar-refractivity contribution is 7.80. The molecule has 0 aromatic heterocycles. The molecule has 1 saturated heterocycles. The number of nitrogens with two attached hydrogens (primary N) is 1. The number of ether oxygens (including phenoxy) is 1. The number of benzene rings is 1. The average molecular weight is 306 g/mol. The molecule has 0 radical (unpaired) electrons. The van der Waals surface area contributed by atoms with Crippen LogP contribution in [-0.2, 0) is 6.54 Å². The molecule has 1 aliphatic rings. The molecular formula is C17H26N2OS. The number of rotatable bonds is 6. The van der Waals surface area contributed by atoms with E-state index in [1.54, 1.807) is 7.11 Å². The van der Waals surface area contributed by atoms with Crippen LogP contribution >= 0.6 is 12.2 Å². The zero-order valence-electron chi connectivity index (χ0n) is 13.1. The quantitative estimate of drug-likeness (QED) is 0.817. The van der Waals surface area contributed by atoms with E-state index in [9.17, 15) is 0 Å². The van der Waals surface area contributed by atoms with Gasteiger partial charge in [-0.25, -0.2) is 0 Å². The number of nitrogens with zero attached hydrogens (tertiary/aromatic N) is 1. The van der Waals surface area contributed by atoms with Gasteiger partial charge in [0, 0.05) is 12.6 Å². The summed E-state index contributed by atoms with van der Waals surface area (Å²) >= 11 is 5.06. The Labute approximate surface area is 133 Å². The summed E-state index contributed by atoms with van der Waals surface area (Å²) in [5.41, 5.74) is 7.82. The monoisotopic (exact) mass is 306 g/mol. The minimum Gasteiger partial charge on any atom is -0.496 e. The molecule has 1 aromatic rings. The summed E-state index contributed by atoms with van der Waals surface area (Å²) in [6.45, 7) is 4.45. The molecule has 1 heterocycles. The lowest BCUT2D eigenvalue weighted by Crippen LogP contribution is -2.38. The van der Waals surface area contributed by atoms with E-state index in [1.807, 2.05) is 6.07 Å². The van der Waals surface area contributed by atoms with E-state index in [0.717, 1.165) is 23.9 Å². The summed E-state index contributed by atoms with van der Waals surface area (Å²) in [6.07, 6.45) is 6.55. The molecule has 1 unspecified atom stereocenters. The van der Waals surface area contributed by atoms with Gasteiger partial charge in [-0.2, -0.15) is 0 Å². The van der Waals surface area contributed by atoms with Crippen LogP contribution in [0.15, 0.2) is 18.2 Å². The first-order chi connectivity index (χ1) is 10.2. The highest BCUT2D eigenvalue weighted by Gasteiger charge is 2.21. The maximum Gasteiger partial charge on any atom is 0.129 e. The average Bonchev–Trinajstić information content (AvgIpc) is 2.49. The molecule has 2 rings (SSSR count). The van der Waals surface area contributed by atoms with Gasteiger partial charge in [0.25, 0.3) is 0 Å². The van der Waals surface area contributed by atoms with Crippen LogP contribution in [0.1, 0.15) is 50.2 Å². The maximum absolute atomic E-state index is 5.73. The molecular weight excluding hydrogens is 280 g/mol. The number of likely N-dealkylation sites (tertiary alicyclic amines) is 1. The van der Waals surface area contributed by atoms with Gasteiger partial charge in [0.1, 0.15) is 10.7 Å². The minimum absolute atomic E-state index is 0.389. The lowest BCUT2D eigenvalue weighted by Gasteiger charge is -2.35. The SMILES string of the molecule is CCCC1CCCCN1Cc1ccc(C(N)=S)c(OC)c1. The molecule has 1 aliphatic heterocycles. The number of piperidine rings is 1. The molecule has 4 heteroatoms. The first-order valence-corrected chi connectivity index (χ1v) is 8.27. The first-order valence-electron chi connectivity index (χ1n) is 7.86. The molecule has 0 aliphatic carbocycles. The van der Waals surface area contributed by atoms with Crippen LogP contribution in [0.25, 0.3) is 0 Å². The summed E-state index contributed by atoms with van der Waals surface area (Å²) in [5.74, 6) is 0.782. The summed E-state index contributed by atoms with van der Waals surface area (Å²) in [7, 11) is 1.67. The largest absolute Gasteiger partial charge is 0.496 e. The molecule has 0 amide bonds. The molecule has 0 saturated carbocycles. The van der Waals surface area contributed by atoms with Crippen LogP contribution in [0.4, 0.5) is 0 Å². The smallest absolute Gasteiger partial charge is 0.129 e. The topological polar surface area (TPSA) is 38.5 Å². The second kappa shape index (κ2) is 7.76. The van der Waals surface area contributed by atoms with E-state index in [0.29, 0.717) is 4.99 Å². The Bertz CT molecular complexity index is 488. The Morgan fingerprint density at radius 3 is 2.90 bits per heavy atom. The lowest BCUT2D eigenvalue weighted by molar-refractivity contribution is 0.131. The van der Waals surface area contributed by atoms with Crippen molar-refractivity contribution in [3.8, 4) is 5.75 Å². The first kappa shape index (κ1) is 16.2. The molecule has 0 bridgehead atoms. The fraction of sp³-hybridized carbons (Fsp3) is 0.588. The van der Waals surface area contributed by atoms with Crippen LogP contribution in [0.3, 0.4) is 0 Å². The summed E-state index contributed by atoms with van der Waals surface area (Å²) < 4.78 is 5.42. The standard InChI is InChI=1S/C17H26N2OS/c1-3-6-14-7-4-5-10-19(14)12-13-8-9-15(17(18)21)16(11-13)20-2/h8-9,11,14H,3-7,10,12H2,1-2H3,(H2,18,21). The van der Waals surface area contributed by atoms with Gasteiger partial charge in [0.15, 0.2) is 0 Å². The zero-order chi connectivity index (χ0) is 15.2. The Hall–Kier alpha value is -1.13. The third kappa shape index (κ3) is 4.17. The van der Waals surface area contributed by atoms with E-state index in [2.05, 4.69) is 24.0 Å². The molecule has 1 aromatic carbocycles. The van der Waals surface area contributed by atoms with Crippen molar-refractivity contribution in [2.24, 2.45) is 5.73 Å². The highest BCUT2D eigenvalue weighted by atomic mass is 32.1. The van der Waals surface area contributed by atoms with Gasteiger partial charge in [-0.3, -0.25) is 4.90 Å². The van der Waals surface area contributed by atoms with Crippen molar-refractivity contribution in [3.05, 3.63) is 29.3 Å². The van der Waals surface area contributed by atoms with Gasteiger partial charge >= 0.3 is 0 Å². The fourth-order valence-corrected chi connectivity index (χ4v) is 3.37.